The molecule has 38 heavy (non-hydrogen) atoms. The van der Waals surface area contributed by atoms with Gasteiger partial charge < -0.3 is 24.6 Å². The Morgan fingerprint density at radius 3 is 2.63 bits per heavy atom. The molecule has 2 aliphatic rings. The summed E-state index contributed by atoms with van der Waals surface area (Å²) in [6.07, 6.45) is -3.83. The summed E-state index contributed by atoms with van der Waals surface area (Å²) in [7, 11) is 1.60. The number of rotatable bonds is 2. The third-order valence-corrected chi connectivity index (χ3v) is 6.52. The second-order valence-electron chi connectivity index (χ2n) is 9.21. The van der Waals surface area contributed by atoms with Crippen molar-refractivity contribution in [3.05, 3.63) is 77.4 Å². The Morgan fingerprint density at radius 1 is 1.00 bits per heavy atom. The molecular formula is C28H27F3N4O3. The minimum absolute atomic E-state index is 0.103. The highest BCUT2D eigenvalue weighted by atomic mass is 19.4. The Morgan fingerprint density at radius 2 is 1.84 bits per heavy atom. The number of aliphatic imine (C=N–C) groups is 1. The maximum Gasteiger partial charge on any atom is 0.416 e. The van der Waals surface area contributed by atoms with E-state index in [9.17, 15) is 18.0 Å². The zero-order valence-corrected chi connectivity index (χ0v) is 21.0. The molecule has 3 aromatic carbocycles. The predicted molar refractivity (Wildman–Crippen MR) is 139 cm³/mol. The number of anilines is 1. The van der Waals surface area contributed by atoms with E-state index in [-0.39, 0.29) is 5.69 Å². The van der Waals surface area contributed by atoms with Crippen LogP contribution in [0.4, 0.5) is 29.3 Å². The van der Waals surface area contributed by atoms with Gasteiger partial charge in [-0.25, -0.2) is 9.79 Å². The summed E-state index contributed by atoms with van der Waals surface area (Å²) in [5.41, 5.74) is 1.84. The number of hydrogen-bond donors (Lipinski definition) is 1. The molecular weight excluding hydrogens is 497 g/mol. The molecule has 0 spiro atoms. The van der Waals surface area contributed by atoms with Crippen molar-refractivity contribution in [3.63, 3.8) is 0 Å². The Hall–Kier alpha value is -4.21. The largest absolute Gasteiger partial charge is 0.497 e. The second-order valence-corrected chi connectivity index (χ2v) is 9.21. The fraction of sp³-hybridized carbons (Fsp3) is 0.286. The molecule has 0 aliphatic carbocycles. The molecule has 198 valence electrons. The molecule has 0 saturated carbocycles. The van der Waals surface area contributed by atoms with Crippen LogP contribution >= 0.6 is 0 Å². The molecule has 0 bridgehead atoms. The van der Waals surface area contributed by atoms with Crippen LogP contribution in [-0.4, -0.2) is 55.0 Å². The van der Waals surface area contributed by atoms with Crippen LogP contribution in [0.2, 0.25) is 0 Å². The normalized spacial score (nSPS) is 15.3. The number of urea groups is 1. The Bertz CT molecular complexity index is 1390. The van der Waals surface area contributed by atoms with Crippen molar-refractivity contribution >= 4 is 23.2 Å². The van der Waals surface area contributed by atoms with Gasteiger partial charge in [-0.2, -0.15) is 13.2 Å². The Kier molecular flexibility index (Phi) is 6.88. The van der Waals surface area contributed by atoms with Crippen molar-refractivity contribution in [2.24, 2.45) is 4.99 Å². The predicted octanol–water partition coefficient (Wildman–Crippen LogP) is 6.45. The molecule has 0 atom stereocenters. The summed E-state index contributed by atoms with van der Waals surface area (Å²) in [4.78, 5) is 21.6. The lowest BCUT2D eigenvalue weighted by atomic mass is 10.1. The van der Waals surface area contributed by atoms with E-state index in [4.69, 9.17) is 14.5 Å². The lowest BCUT2D eigenvalue weighted by Crippen LogP contribution is -2.39. The van der Waals surface area contributed by atoms with Crippen LogP contribution in [0.25, 0.3) is 0 Å². The summed E-state index contributed by atoms with van der Waals surface area (Å²) < 4.78 is 50.9. The van der Waals surface area contributed by atoms with Crippen molar-refractivity contribution in [2.75, 3.05) is 38.6 Å². The standard InChI is InChI=1S/C28H27F3N4O3/c1-18-7-10-23-25(15-18)38-24-17-21(37-2)8-9-22(24)26(33-23)34-11-4-12-35(14-13-34)27(36)32-20-6-3-5-19(16-20)28(29,30)31/h3,5-10,15-17H,4,11-14H2,1-2H3,(H,32,36). The number of fused-ring (bicyclic) bond motifs is 2. The number of amidine groups is 1. The number of halogens is 3. The third kappa shape index (κ3) is 5.39. The maximum absolute atomic E-state index is 13.1. The summed E-state index contributed by atoms with van der Waals surface area (Å²) in [5.74, 6) is 2.65. The summed E-state index contributed by atoms with van der Waals surface area (Å²) in [6, 6.07) is 15.6. The number of nitrogens with one attached hydrogen (secondary N) is 1. The van der Waals surface area contributed by atoms with Crippen LogP contribution in [0.15, 0.2) is 65.7 Å². The lowest BCUT2D eigenvalue weighted by molar-refractivity contribution is -0.137. The number of carbonyl (C=O) groups excluding carboxylic acids is 1. The molecule has 2 aliphatic heterocycles. The molecule has 5 rings (SSSR count). The fourth-order valence-electron chi connectivity index (χ4n) is 4.54. The first-order chi connectivity index (χ1) is 18.2. The van der Waals surface area contributed by atoms with Crippen LogP contribution in [-0.2, 0) is 6.18 Å². The number of benzene rings is 3. The van der Waals surface area contributed by atoms with Gasteiger partial charge in [-0.15, -0.1) is 0 Å². The van der Waals surface area contributed by atoms with Gasteiger partial charge in [0, 0.05) is 37.9 Å². The fourth-order valence-corrected chi connectivity index (χ4v) is 4.54. The topological polar surface area (TPSA) is 66.4 Å². The summed E-state index contributed by atoms with van der Waals surface area (Å²) in [6.45, 7) is 3.94. The zero-order chi connectivity index (χ0) is 26.9. The van der Waals surface area contributed by atoms with Gasteiger partial charge in [0.2, 0.25) is 0 Å². The second kappa shape index (κ2) is 10.3. The SMILES string of the molecule is COc1ccc2c(c1)Oc1cc(C)ccc1N=C2N1CCCN(C(=O)Nc2cccc(C(F)(F)F)c2)CC1. The molecule has 0 radical (unpaired) electrons. The molecule has 7 nitrogen and oxygen atoms in total. The first-order valence-electron chi connectivity index (χ1n) is 12.2. The summed E-state index contributed by atoms with van der Waals surface area (Å²) >= 11 is 0. The number of ether oxygens (including phenoxy) is 2. The minimum atomic E-state index is -4.48. The molecule has 0 aromatic heterocycles. The molecule has 1 saturated heterocycles. The number of methoxy groups -OCH3 is 1. The van der Waals surface area contributed by atoms with Gasteiger partial charge in [0.15, 0.2) is 5.75 Å². The van der Waals surface area contributed by atoms with Crippen LogP contribution in [0, 0.1) is 6.92 Å². The molecule has 2 amide bonds. The van der Waals surface area contributed by atoms with E-state index in [1.807, 2.05) is 43.3 Å². The Labute approximate surface area is 218 Å². The van der Waals surface area contributed by atoms with Gasteiger partial charge in [0.1, 0.15) is 23.0 Å². The number of aryl methyl sites for hydroxylation is 1. The van der Waals surface area contributed by atoms with E-state index in [1.165, 1.54) is 12.1 Å². The highest BCUT2D eigenvalue weighted by Crippen LogP contribution is 2.40. The quantitative estimate of drug-likeness (QED) is 0.419. The highest BCUT2D eigenvalue weighted by Gasteiger charge is 2.31. The third-order valence-electron chi connectivity index (χ3n) is 6.52. The van der Waals surface area contributed by atoms with Crippen molar-refractivity contribution < 1.29 is 27.4 Å². The van der Waals surface area contributed by atoms with E-state index in [0.29, 0.717) is 55.5 Å². The van der Waals surface area contributed by atoms with Crippen molar-refractivity contribution in [1.29, 1.82) is 0 Å². The molecule has 3 aromatic rings. The monoisotopic (exact) mass is 524 g/mol. The van der Waals surface area contributed by atoms with Crippen molar-refractivity contribution in [2.45, 2.75) is 19.5 Å². The molecule has 2 heterocycles. The minimum Gasteiger partial charge on any atom is -0.497 e. The molecule has 10 heteroatoms. The number of amides is 2. The van der Waals surface area contributed by atoms with Crippen molar-refractivity contribution in [3.8, 4) is 17.2 Å². The van der Waals surface area contributed by atoms with Gasteiger partial charge in [-0.1, -0.05) is 12.1 Å². The van der Waals surface area contributed by atoms with Crippen LogP contribution < -0.4 is 14.8 Å². The average Bonchev–Trinajstić information content (AvgIpc) is 3.22. The first kappa shape index (κ1) is 25.4. The number of nitrogens with zero attached hydrogens (tertiary/aromatic N) is 3. The van der Waals surface area contributed by atoms with E-state index in [1.54, 1.807) is 12.0 Å². The van der Waals surface area contributed by atoms with Crippen LogP contribution in [0.5, 0.6) is 17.2 Å². The van der Waals surface area contributed by atoms with E-state index in [2.05, 4.69) is 10.2 Å². The molecule has 1 fully saturated rings. The van der Waals surface area contributed by atoms with E-state index in [0.717, 1.165) is 29.1 Å². The van der Waals surface area contributed by atoms with Gasteiger partial charge in [-0.3, -0.25) is 0 Å². The van der Waals surface area contributed by atoms with Crippen LogP contribution in [0.3, 0.4) is 0 Å². The van der Waals surface area contributed by atoms with Gasteiger partial charge in [-0.05, 0) is 61.4 Å². The molecule has 1 N–H and O–H groups in total. The van der Waals surface area contributed by atoms with E-state index < -0.39 is 17.8 Å². The van der Waals surface area contributed by atoms with Gasteiger partial charge >= 0.3 is 12.2 Å². The van der Waals surface area contributed by atoms with Crippen molar-refractivity contribution in [1.82, 2.24) is 9.80 Å². The summed E-state index contributed by atoms with van der Waals surface area (Å²) in [5, 5.41) is 2.61. The lowest BCUT2D eigenvalue weighted by Gasteiger charge is -2.25. The zero-order valence-electron chi connectivity index (χ0n) is 21.0. The van der Waals surface area contributed by atoms with E-state index >= 15 is 0 Å². The average molecular weight is 525 g/mol. The number of carbonyl (C=O) groups is 1. The molecule has 0 unspecified atom stereocenters. The smallest absolute Gasteiger partial charge is 0.416 e. The highest BCUT2D eigenvalue weighted by molar-refractivity contribution is 6.04. The maximum atomic E-state index is 13.1. The number of hydrogen-bond acceptors (Lipinski definition) is 5. The first-order valence-corrected chi connectivity index (χ1v) is 12.2. The van der Waals surface area contributed by atoms with Crippen LogP contribution in [0.1, 0.15) is 23.1 Å². The Balaban J connectivity index is 1.37. The number of alkyl halides is 3. The van der Waals surface area contributed by atoms with Gasteiger partial charge in [0.05, 0.1) is 18.2 Å². The van der Waals surface area contributed by atoms with Gasteiger partial charge in [0.25, 0.3) is 0 Å².